The van der Waals surface area contributed by atoms with Crippen LogP contribution in [0.25, 0.3) is 0 Å². The van der Waals surface area contributed by atoms with E-state index in [-0.39, 0.29) is 23.7 Å². The van der Waals surface area contributed by atoms with Crippen LogP contribution in [0.3, 0.4) is 0 Å². The summed E-state index contributed by atoms with van der Waals surface area (Å²) in [5.41, 5.74) is 2.56. The zero-order valence-electron chi connectivity index (χ0n) is 14.5. The van der Waals surface area contributed by atoms with Gasteiger partial charge in [0.2, 0.25) is 11.8 Å². The van der Waals surface area contributed by atoms with Gasteiger partial charge in [-0.3, -0.25) is 19.7 Å². The maximum absolute atomic E-state index is 12.0. The number of nitro benzene ring substituents is 1. The molecule has 2 N–H and O–H groups in total. The molecule has 9 nitrogen and oxygen atoms in total. The summed E-state index contributed by atoms with van der Waals surface area (Å²) >= 11 is 0. The summed E-state index contributed by atoms with van der Waals surface area (Å²) in [4.78, 5) is 33.9. The van der Waals surface area contributed by atoms with Crippen molar-refractivity contribution in [2.45, 2.75) is 39.5 Å². The van der Waals surface area contributed by atoms with Gasteiger partial charge >= 0.3 is 0 Å². The highest BCUT2D eigenvalue weighted by atomic mass is 16.6. The lowest BCUT2D eigenvalue weighted by atomic mass is 10.2. The smallest absolute Gasteiger partial charge is 0.296 e. The lowest BCUT2D eigenvalue weighted by Crippen LogP contribution is -2.21. The Kier molecular flexibility index (Phi) is 8.04. The second kappa shape index (κ2) is 10.0. The summed E-state index contributed by atoms with van der Waals surface area (Å²) in [7, 11) is 1.39. The van der Waals surface area contributed by atoms with E-state index in [0.717, 1.165) is 12.8 Å². The molecule has 0 heterocycles. The largest absolute Gasteiger partial charge is 0.496 e. The number of nitro groups is 1. The lowest BCUT2D eigenvalue weighted by Gasteiger charge is -2.07. The van der Waals surface area contributed by atoms with Crippen LogP contribution in [0.2, 0.25) is 0 Å². The second-order valence-electron chi connectivity index (χ2n) is 5.35. The molecule has 1 aromatic rings. The van der Waals surface area contributed by atoms with Crippen LogP contribution in [0.5, 0.6) is 5.75 Å². The maximum atomic E-state index is 12.0. The molecule has 136 valence electrons. The number of hydrogen-bond donors (Lipinski definition) is 2. The first-order valence-electron chi connectivity index (χ1n) is 7.81. The molecule has 0 saturated heterocycles. The number of nitrogens with one attached hydrogen (secondary N) is 2. The fraction of sp³-hybridized carbons (Fsp3) is 0.438. The Hall–Kier alpha value is -2.97. The number of carbonyl (C=O) groups excluding carboxylic acids is 2. The molecule has 0 aliphatic rings. The number of carbonyl (C=O) groups is 2. The normalized spacial score (nSPS) is 10.9. The van der Waals surface area contributed by atoms with Crippen molar-refractivity contribution in [2.24, 2.45) is 5.10 Å². The highest BCUT2D eigenvalue weighted by Crippen LogP contribution is 2.28. The molecule has 0 radical (unpaired) electrons. The third-order valence-electron chi connectivity index (χ3n) is 3.22. The molecule has 0 bridgehead atoms. The number of unbranched alkanes of at least 4 members (excludes halogenated alkanes) is 1. The topological polar surface area (TPSA) is 123 Å². The average molecular weight is 350 g/mol. The van der Waals surface area contributed by atoms with Crippen LogP contribution in [0.15, 0.2) is 23.3 Å². The number of rotatable bonds is 9. The molecule has 0 aliphatic carbocycles. The van der Waals surface area contributed by atoms with Crippen molar-refractivity contribution >= 4 is 28.9 Å². The minimum absolute atomic E-state index is 0.0654. The maximum Gasteiger partial charge on any atom is 0.296 e. The quantitative estimate of drug-likeness (QED) is 0.402. The zero-order chi connectivity index (χ0) is 18.8. The first-order valence-corrected chi connectivity index (χ1v) is 7.81. The van der Waals surface area contributed by atoms with Gasteiger partial charge in [0, 0.05) is 12.1 Å². The zero-order valence-corrected chi connectivity index (χ0v) is 14.5. The Bertz CT molecular complexity index is 672. The summed E-state index contributed by atoms with van der Waals surface area (Å²) in [6, 6.07) is 4.13. The summed E-state index contributed by atoms with van der Waals surface area (Å²) in [5.74, 6) is -0.373. The van der Waals surface area contributed by atoms with Gasteiger partial charge in [0.1, 0.15) is 11.4 Å². The first kappa shape index (κ1) is 20.1. The number of amides is 2. The highest BCUT2D eigenvalue weighted by Gasteiger charge is 2.17. The van der Waals surface area contributed by atoms with E-state index >= 15 is 0 Å². The van der Waals surface area contributed by atoms with Crippen molar-refractivity contribution in [2.75, 3.05) is 12.4 Å². The van der Waals surface area contributed by atoms with E-state index in [4.69, 9.17) is 4.74 Å². The number of methoxy groups -OCH3 is 1. The Labute approximate surface area is 145 Å². The molecule has 0 atom stereocenters. The number of anilines is 1. The van der Waals surface area contributed by atoms with Gasteiger partial charge in [-0.05, 0) is 25.5 Å². The molecule has 25 heavy (non-hydrogen) atoms. The molecule has 2 amide bonds. The third kappa shape index (κ3) is 6.98. The standard InChI is InChI=1S/C16H22N4O5/c1-4-5-6-15(21)19-18-11(2)9-16(22)17-13-8-7-12(25-3)10-14(13)20(23)24/h7-8,10H,4-6,9H2,1-3H3,(H,17,22)(H,19,21). The molecular formula is C16H22N4O5. The van der Waals surface area contributed by atoms with Gasteiger partial charge in [-0.25, -0.2) is 5.43 Å². The molecule has 1 rings (SSSR count). The summed E-state index contributed by atoms with van der Waals surface area (Å²) in [5, 5.41) is 17.4. The summed E-state index contributed by atoms with van der Waals surface area (Å²) < 4.78 is 4.94. The van der Waals surface area contributed by atoms with Gasteiger partial charge in [0.25, 0.3) is 5.69 Å². The predicted molar refractivity (Wildman–Crippen MR) is 93.7 cm³/mol. The molecule has 9 heteroatoms. The molecule has 0 spiro atoms. The van der Waals surface area contributed by atoms with Crippen LogP contribution in [-0.4, -0.2) is 29.6 Å². The van der Waals surface area contributed by atoms with Crippen LogP contribution < -0.4 is 15.5 Å². The highest BCUT2D eigenvalue weighted by molar-refractivity contribution is 6.06. The van der Waals surface area contributed by atoms with Crippen molar-refractivity contribution in [3.8, 4) is 5.75 Å². The van der Waals surface area contributed by atoms with E-state index in [0.29, 0.717) is 17.9 Å². The fourth-order valence-corrected chi connectivity index (χ4v) is 1.91. The average Bonchev–Trinajstić information content (AvgIpc) is 2.58. The Morgan fingerprint density at radius 2 is 2.04 bits per heavy atom. The SMILES string of the molecule is CCCCC(=O)NN=C(C)CC(=O)Nc1ccc(OC)cc1[N+](=O)[O-]. The van der Waals surface area contributed by atoms with Gasteiger partial charge < -0.3 is 10.1 Å². The van der Waals surface area contributed by atoms with Gasteiger partial charge in [0.05, 0.1) is 24.5 Å². The number of nitrogens with zero attached hydrogens (tertiary/aromatic N) is 2. The van der Waals surface area contributed by atoms with Crippen LogP contribution in [0.1, 0.15) is 39.5 Å². The summed E-state index contributed by atoms with van der Waals surface area (Å²) in [6.07, 6.45) is 1.94. The van der Waals surface area contributed by atoms with Gasteiger partial charge in [-0.1, -0.05) is 13.3 Å². The lowest BCUT2D eigenvalue weighted by molar-refractivity contribution is -0.384. The Morgan fingerprint density at radius 1 is 1.32 bits per heavy atom. The van der Waals surface area contributed by atoms with Crippen LogP contribution in [0, 0.1) is 10.1 Å². The van der Waals surface area contributed by atoms with E-state index < -0.39 is 10.8 Å². The van der Waals surface area contributed by atoms with Crippen molar-refractivity contribution in [1.29, 1.82) is 0 Å². The van der Waals surface area contributed by atoms with E-state index in [1.54, 1.807) is 6.92 Å². The van der Waals surface area contributed by atoms with E-state index in [1.165, 1.54) is 25.3 Å². The monoisotopic (exact) mass is 350 g/mol. The first-order chi connectivity index (χ1) is 11.9. The van der Waals surface area contributed by atoms with Gasteiger partial charge in [-0.15, -0.1) is 0 Å². The number of hydrazone groups is 1. The molecular weight excluding hydrogens is 328 g/mol. The van der Waals surface area contributed by atoms with Crippen molar-refractivity contribution in [3.05, 3.63) is 28.3 Å². The Morgan fingerprint density at radius 3 is 2.64 bits per heavy atom. The van der Waals surface area contributed by atoms with Gasteiger partial charge in [-0.2, -0.15) is 5.10 Å². The third-order valence-corrected chi connectivity index (χ3v) is 3.22. The number of benzene rings is 1. The molecule has 0 aromatic heterocycles. The van der Waals surface area contributed by atoms with Crippen molar-refractivity contribution in [3.63, 3.8) is 0 Å². The predicted octanol–water partition coefficient (Wildman–Crippen LogP) is 2.61. The van der Waals surface area contributed by atoms with Crippen LogP contribution in [-0.2, 0) is 9.59 Å². The summed E-state index contributed by atoms with van der Waals surface area (Å²) in [6.45, 7) is 3.56. The molecule has 0 fully saturated rings. The van der Waals surface area contributed by atoms with Gasteiger partial charge in [0.15, 0.2) is 0 Å². The molecule has 0 unspecified atom stereocenters. The van der Waals surface area contributed by atoms with Crippen molar-refractivity contribution in [1.82, 2.24) is 5.43 Å². The molecule has 1 aromatic carbocycles. The van der Waals surface area contributed by atoms with Crippen LogP contribution in [0.4, 0.5) is 11.4 Å². The molecule has 0 aliphatic heterocycles. The second-order valence-corrected chi connectivity index (χ2v) is 5.35. The minimum Gasteiger partial charge on any atom is -0.496 e. The van der Waals surface area contributed by atoms with Crippen molar-refractivity contribution < 1.29 is 19.2 Å². The van der Waals surface area contributed by atoms with E-state index in [9.17, 15) is 19.7 Å². The number of hydrogen-bond acceptors (Lipinski definition) is 6. The minimum atomic E-state index is -0.604. The fourth-order valence-electron chi connectivity index (χ4n) is 1.91. The van der Waals surface area contributed by atoms with E-state index in [2.05, 4.69) is 15.8 Å². The Balaban J connectivity index is 2.67. The van der Waals surface area contributed by atoms with E-state index in [1.807, 2.05) is 6.92 Å². The van der Waals surface area contributed by atoms with Crippen LogP contribution >= 0.6 is 0 Å². The number of ether oxygens (including phenoxy) is 1. The molecule has 0 saturated carbocycles.